The number of aromatic nitrogens is 2. The molecule has 0 aliphatic rings. The van der Waals surface area contributed by atoms with E-state index < -0.39 is 23.4 Å². The van der Waals surface area contributed by atoms with Crippen LogP contribution < -0.4 is 5.32 Å². The Hall–Kier alpha value is -2.64. The number of carbonyl (C=O) groups is 1. The maximum Gasteiger partial charge on any atom is 0.356 e. The van der Waals surface area contributed by atoms with Gasteiger partial charge in [-0.2, -0.15) is 0 Å². The molecule has 0 saturated carbocycles. The second-order valence-corrected chi connectivity index (χ2v) is 3.47. The van der Waals surface area contributed by atoms with E-state index in [1.807, 2.05) is 0 Å². The minimum absolute atomic E-state index is 0.0652. The lowest BCUT2D eigenvalue weighted by Crippen LogP contribution is -2.03. The molecule has 2 N–H and O–H groups in total. The first-order valence-corrected chi connectivity index (χ1v) is 4.94. The third kappa shape index (κ3) is 2.79. The summed E-state index contributed by atoms with van der Waals surface area (Å²) in [5, 5.41) is 11.1. The van der Waals surface area contributed by atoms with Gasteiger partial charge in [0.25, 0.3) is 0 Å². The van der Waals surface area contributed by atoms with Crippen molar-refractivity contribution in [3.63, 3.8) is 0 Å². The van der Waals surface area contributed by atoms with Crippen LogP contribution in [0.4, 0.5) is 24.7 Å². The second kappa shape index (κ2) is 4.92. The van der Waals surface area contributed by atoms with Gasteiger partial charge in [0, 0.05) is 17.8 Å². The van der Waals surface area contributed by atoms with Gasteiger partial charge in [-0.25, -0.2) is 27.9 Å². The number of nitrogens with zero attached hydrogens (tertiary/aromatic N) is 2. The molecule has 0 atom stereocenters. The molecule has 19 heavy (non-hydrogen) atoms. The van der Waals surface area contributed by atoms with Crippen molar-refractivity contribution in [1.29, 1.82) is 0 Å². The molecule has 0 spiro atoms. The molecule has 5 nitrogen and oxygen atoms in total. The molecule has 0 unspecified atom stereocenters. The van der Waals surface area contributed by atoms with Gasteiger partial charge in [-0.05, 0) is 0 Å². The van der Waals surface area contributed by atoms with Gasteiger partial charge in [0.1, 0.15) is 5.82 Å². The van der Waals surface area contributed by atoms with Gasteiger partial charge in [0.15, 0.2) is 23.1 Å². The van der Waals surface area contributed by atoms with E-state index in [2.05, 4.69) is 15.3 Å². The highest BCUT2D eigenvalue weighted by Crippen LogP contribution is 2.20. The highest BCUT2D eigenvalue weighted by atomic mass is 19.2. The molecule has 0 bridgehead atoms. The van der Waals surface area contributed by atoms with Crippen molar-refractivity contribution in [2.45, 2.75) is 0 Å². The molecule has 2 rings (SSSR count). The minimum Gasteiger partial charge on any atom is -0.476 e. The minimum atomic E-state index is -1.57. The lowest BCUT2D eigenvalue weighted by atomic mass is 10.3. The topological polar surface area (TPSA) is 75.1 Å². The summed E-state index contributed by atoms with van der Waals surface area (Å²) in [4.78, 5) is 17.8. The molecule has 2 aromatic rings. The van der Waals surface area contributed by atoms with Gasteiger partial charge < -0.3 is 10.4 Å². The normalized spacial score (nSPS) is 10.3. The van der Waals surface area contributed by atoms with Gasteiger partial charge >= 0.3 is 5.97 Å². The third-order valence-electron chi connectivity index (χ3n) is 2.13. The molecule has 0 aliphatic carbocycles. The van der Waals surface area contributed by atoms with Crippen molar-refractivity contribution in [2.24, 2.45) is 0 Å². The van der Waals surface area contributed by atoms with Gasteiger partial charge in [0.05, 0.1) is 12.4 Å². The lowest BCUT2D eigenvalue weighted by molar-refractivity contribution is 0.0690. The highest BCUT2D eigenvalue weighted by Gasteiger charge is 2.11. The summed E-state index contributed by atoms with van der Waals surface area (Å²) in [7, 11) is 0. The van der Waals surface area contributed by atoms with Crippen molar-refractivity contribution in [1.82, 2.24) is 9.97 Å². The Morgan fingerprint density at radius 2 is 1.74 bits per heavy atom. The van der Waals surface area contributed by atoms with Crippen molar-refractivity contribution in [2.75, 3.05) is 5.32 Å². The van der Waals surface area contributed by atoms with Gasteiger partial charge in [0.2, 0.25) is 0 Å². The quantitative estimate of drug-likeness (QED) is 0.836. The summed E-state index contributed by atoms with van der Waals surface area (Å²) in [6.07, 6.45) is 2.05. The Morgan fingerprint density at radius 1 is 1.11 bits per heavy atom. The van der Waals surface area contributed by atoms with E-state index in [1.165, 1.54) is 0 Å². The first kappa shape index (κ1) is 12.8. The van der Waals surface area contributed by atoms with Crippen LogP contribution in [0.15, 0.2) is 24.5 Å². The summed E-state index contributed by atoms with van der Waals surface area (Å²) in [5.74, 6) is -5.46. The summed E-state index contributed by atoms with van der Waals surface area (Å²) in [6, 6.07) is 1.48. The number of carboxylic acids is 1. The van der Waals surface area contributed by atoms with Crippen LogP contribution in [0, 0.1) is 17.5 Å². The van der Waals surface area contributed by atoms with E-state index in [9.17, 15) is 18.0 Å². The number of halogens is 3. The molecule has 1 aromatic carbocycles. The van der Waals surface area contributed by atoms with Gasteiger partial charge in [-0.15, -0.1) is 0 Å². The van der Waals surface area contributed by atoms with E-state index in [0.717, 1.165) is 24.5 Å². The first-order valence-electron chi connectivity index (χ1n) is 4.94. The van der Waals surface area contributed by atoms with Crippen molar-refractivity contribution >= 4 is 17.5 Å². The van der Waals surface area contributed by atoms with E-state index in [-0.39, 0.29) is 17.2 Å². The summed E-state index contributed by atoms with van der Waals surface area (Å²) >= 11 is 0. The van der Waals surface area contributed by atoms with E-state index in [0.29, 0.717) is 0 Å². The third-order valence-corrected chi connectivity index (χ3v) is 2.13. The van der Waals surface area contributed by atoms with E-state index in [1.54, 1.807) is 0 Å². The molecule has 8 heteroatoms. The molecule has 0 radical (unpaired) electrons. The monoisotopic (exact) mass is 269 g/mol. The largest absolute Gasteiger partial charge is 0.476 e. The number of nitrogens with one attached hydrogen (secondary N) is 1. The Morgan fingerprint density at radius 3 is 2.21 bits per heavy atom. The fraction of sp³-hybridized carbons (Fsp3) is 0. The van der Waals surface area contributed by atoms with Crippen LogP contribution in [-0.4, -0.2) is 21.0 Å². The number of hydrogen-bond acceptors (Lipinski definition) is 4. The molecular formula is C11H6F3N3O2. The second-order valence-electron chi connectivity index (χ2n) is 3.47. The Labute approximate surface area is 104 Å². The number of benzene rings is 1. The SMILES string of the molecule is O=C(O)c1cnc(Nc2cc(F)c(F)c(F)c2)cn1. The van der Waals surface area contributed by atoms with Crippen LogP contribution in [-0.2, 0) is 0 Å². The van der Waals surface area contributed by atoms with E-state index >= 15 is 0 Å². The Kier molecular flexibility index (Phi) is 3.32. The predicted octanol–water partition coefficient (Wildman–Crippen LogP) is 2.34. The molecule has 0 fully saturated rings. The van der Waals surface area contributed by atoms with Crippen molar-refractivity contribution in [3.8, 4) is 0 Å². The molecule has 1 heterocycles. The van der Waals surface area contributed by atoms with Crippen molar-refractivity contribution < 1.29 is 23.1 Å². The average molecular weight is 269 g/mol. The highest BCUT2D eigenvalue weighted by molar-refractivity contribution is 5.85. The Bertz CT molecular complexity index is 609. The maximum absolute atomic E-state index is 12.9. The number of rotatable bonds is 3. The van der Waals surface area contributed by atoms with Crippen LogP contribution in [0.1, 0.15) is 10.5 Å². The summed E-state index contributed by atoms with van der Waals surface area (Å²) in [5.41, 5.74) is -0.351. The molecule has 1 aromatic heterocycles. The zero-order valence-electron chi connectivity index (χ0n) is 9.19. The standard InChI is InChI=1S/C11H6F3N3O2/c12-6-1-5(2-7(13)10(6)14)17-9-4-15-8(3-16-9)11(18)19/h1-4H,(H,16,17)(H,18,19). The smallest absolute Gasteiger partial charge is 0.356 e. The summed E-state index contributed by atoms with van der Waals surface area (Å²) in [6.45, 7) is 0. The number of anilines is 2. The molecule has 0 saturated heterocycles. The van der Waals surface area contributed by atoms with Crippen LogP contribution in [0.25, 0.3) is 0 Å². The fourth-order valence-electron chi connectivity index (χ4n) is 1.28. The zero-order chi connectivity index (χ0) is 14.0. The fourth-order valence-corrected chi connectivity index (χ4v) is 1.28. The predicted molar refractivity (Wildman–Crippen MR) is 58.6 cm³/mol. The number of aromatic carboxylic acids is 1. The van der Waals surface area contributed by atoms with Gasteiger partial charge in [-0.3, -0.25) is 0 Å². The van der Waals surface area contributed by atoms with Crippen LogP contribution >= 0.6 is 0 Å². The zero-order valence-corrected chi connectivity index (χ0v) is 9.19. The number of carboxylic acid groups (broad SMARTS) is 1. The van der Waals surface area contributed by atoms with E-state index in [4.69, 9.17) is 5.11 Å². The molecule has 98 valence electrons. The lowest BCUT2D eigenvalue weighted by Gasteiger charge is -2.06. The first-order chi connectivity index (χ1) is 8.97. The molecular weight excluding hydrogens is 263 g/mol. The van der Waals surface area contributed by atoms with Crippen LogP contribution in [0.3, 0.4) is 0 Å². The average Bonchev–Trinajstić information content (AvgIpc) is 2.36. The summed E-state index contributed by atoms with van der Waals surface area (Å²) < 4.78 is 38.6. The van der Waals surface area contributed by atoms with Crippen molar-refractivity contribution in [3.05, 3.63) is 47.7 Å². The maximum atomic E-state index is 12.9. The number of hydrogen-bond donors (Lipinski definition) is 2. The van der Waals surface area contributed by atoms with Crippen LogP contribution in [0.2, 0.25) is 0 Å². The Balaban J connectivity index is 2.24. The molecule has 0 amide bonds. The van der Waals surface area contributed by atoms with Crippen LogP contribution in [0.5, 0.6) is 0 Å². The molecule has 0 aliphatic heterocycles. The van der Waals surface area contributed by atoms with Gasteiger partial charge in [-0.1, -0.05) is 0 Å².